The van der Waals surface area contributed by atoms with Gasteiger partial charge in [-0.15, -0.1) is 0 Å². The summed E-state index contributed by atoms with van der Waals surface area (Å²) < 4.78 is 10.4. The summed E-state index contributed by atoms with van der Waals surface area (Å²) in [6.45, 7) is 6.62. The van der Waals surface area contributed by atoms with Gasteiger partial charge in [-0.05, 0) is 36.8 Å². The smallest absolute Gasteiger partial charge is 0.338 e. The highest BCUT2D eigenvalue weighted by molar-refractivity contribution is 5.95. The number of ether oxygens (including phenoxy) is 2. The van der Waals surface area contributed by atoms with Crippen molar-refractivity contribution < 1.29 is 19.1 Å². The van der Waals surface area contributed by atoms with Crippen molar-refractivity contribution in [3.63, 3.8) is 0 Å². The number of hydrogen-bond donors (Lipinski definition) is 1. The van der Waals surface area contributed by atoms with Crippen molar-refractivity contribution in [1.29, 1.82) is 0 Å². The zero-order chi connectivity index (χ0) is 19.6. The van der Waals surface area contributed by atoms with Crippen molar-refractivity contribution >= 4 is 12.0 Å². The van der Waals surface area contributed by atoms with Crippen molar-refractivity contribution in [2.24, 2.45) is 0 Å². The lowest BCUT2D eigenvalue weighted by Gasteiger charge is -2.35. The molecule has 1 N–H and O–H groups in total. The highest BCUT2D eigenvalue weighted by Gasteiger charge is 2.42. The molecule has 1 aromatic carbocycles. The molecule has 1 aromatic rings. The Bertz CT molecular complexity index is 735. The van der Waals surface area contributed by atoms with Crippen LogP contribution in [0.25, 0.3) is 0 Å². The van der Waals surface area contributed by atoms with Gasteiger partial charge in [-0.2, -0.15) is 0 Å². The summed E-state index contributed by atoms with van der Waals surface area (Å²) in [4.78, 5) is 27.2. The van der Waals surface area contributed by atoms with E-state index in [1.54, 1.807) is 12.0 Å². The number of rotatable bonds is 7. The SMILES string of the molecule is COCCOC(=O)C1=C(C)N(C2CC2)C(=O)NC1c1ccc(C(C)C)cc1. The average molecular weight is 372 g/mol. The van der Waals surface area contributed by atoms with E-state index in [4.69, 9.17) is 9.47 Å². The number of allylic oxidation sites excluding steroid dienone is 1. The van der Waals surface area contributed by atoms with Crippen LogP contribution < -0.4 is 5.32 Å². The molecule has 27 heavy (non-hydrogen) atoms. The van der Waals surface area contributed by atoms with E-state index in [1.165, 1.54) is 5.56 Å². The number of methoxy groups -OCH3 is 1. The van der Waals surface area contributed by atoms with Crippen LogP contribution in [0.4, 0.5) is 4.79 Å². The molecular formula is C21H28N2O4. The summed E-state index contributed by atoms with van der Waals surface area (Å²) >= 11 is 0. The van der Waals surface area contributed by atoms with E-state index in [2.05, 4.69) is 19.2 Å². The van der Waals surface area contributed by atoms with Gasteiger partial charge in [0.25, 0.3) is 0 Å². The summed E-state index contributed by atoms with van der Waals surface area (Å²) in [6.07, 6.45) is 1.93. The number of carbonyl (C=O) groups excluding carboxylic acids is 2. The first-order valence-electron chi connectivity index (χ1n) is 9.50. The lowest BCUT2D eigenvalue weighted by Crippen LogP contribution is -2.49. The Balaban J connectivity index is 1.94. The normalized spacial score (nSPS) is 20.1. The van der Waals surface area contributed by atoms with Crippen molar-refractivity contribution in [1.82, 2.24) is 10.2 Å². The monoisotopic (exact) mass is 372 g/mol. The minimum Gasteiger partial charge on any atom is -0.460 e. The predicted octanol–water partition coefficient (Wildman–Crippen LogP) is 3.50. The Morgan fingerprint density at radius 1 is 1.22 bits per heavy atom. The maximum atomic E-state index is 12.8. The average Bonchev–Trinajstić information content (AvgIpc) is 3.46. The van der Waals surface area contributed by atoms with E-state index >= 15 is 0 Å². The van der Waals surface area contributed by atoms with E-state index in [0.717, 1.165) is 18.4 Å². The molecule has 2 amide bonds. The number of hydrogen-bond acceptors (Lipinski definition) is 4. The highest BCUT2D eigenvalue weighted by atomic mass is 16.6. The Morgan fingerprint density at radius 3 is 2.44 bits per heavy atom. The molecule has 1 aliphatic heterocycles. The van der Waals surface area contributed by atoms with Crippen molar-refractivity contribution in [2.75, 3.05) is 20.3 Å². The second kappa shape index (κ2) is 8.13. The van der Waals surface area contributed by atoms with Crippen LogP contribution in [0, 0.1) is 0 Å². The molecule has 1 heterocycles. The molecule has 1 fully saturated rings. The van der Waals surface area contributed by atoms with Crippen LogP contribution >= 0.6 is 0 Å². The van der Waals surface area contributed by atoms with Gasteiger partial charge in [-0.1, -0.05) is 38.1 Å². The van der Waals surface area contributed by atoms with Crippen molar-refractivity contribution in [2.45, 2.75) is 51.6 Å². The first-order chi connectivity index (χ1) is 12.9. The third kappa shape index (κ3) is 4.16. The third-order valence-electron chi connectivity index (χ3n) is 5.12. The molecule has 6 nitrogen and oxygen atoms in total. The fraction of sp³-hybridized carbons (Fsp3) is 0.524. The number of carbonyl (C=O) groups is 2. The van der Waals surface area contributed by atoms with Crippen LogP contribution in [0.1, 0.15) is 56.7 Å². The Labute approximate surface area is 160 Å². The van der Waals surface area contributed by atoms with E-state index < -0.39 is 12.0 Å². The second-order valence-corrected chi connectivity index (χ2v) is 7.43. The summed E-state index contributed by atoms with van der Waals surface area (Å²) in [5.41, 5.74) is 3.27. The maximum absolute atomic E-state index is 12.8. The van der Waals surface area contributed by atoms with E-state index in [1.807, 2.05) is 31.2 Å². The molecule has 1 saturated carbocycles. The van der Waals surface area contributed by atoms with Gasteiger partial charge >= 0.3 is 12.0 Å². The van der Waals surface area contributed by atoms with Gasteiger partial charge in [0.15, 0.2) is 0 Å². The van der Waals surface area contributed by atoms with Crippen LogP contribution in [0.5, 0.6) is 0 Å². The molecule has 0 saturated heterocycles. The Morgan fingerprint density at radius 2 is 1.89 bits per heavy atom. The van der Waals surface area contributed by atoms with Crippen LogP contribution in [-0.2, 0) is 14.3 Å². The third-order valence-corrected chi connectivity index (χ3v) is 5.12. The number of nitrogens with one attached hydrogen (secondary N) is 1. The summed E-state index contributed by atoms with van der Waals surface area (Å²) in [5, 5.41) is 3.00. The molecule has 1 atom stereocenters. The summed E-state index contributed by atoms with van der Waals surface area (Å²) in [5.74, 6) is 0.00856. The predicted molar refractivity (Wildman–Crippen MR) is 102 cm³/mol. The van der Waals surface area contributed by atoms with Gasteiger partial charge in [0.1, 0.15) is 6.61 Å². The fourth-order valence-electron chi connectivity index (χ4n) is 3.41. The van der Waals surface area contributed by atoms with Crippen LogP contribution in [0.15, 0.2) is 35.5 Å². The van der Waals surface area contributed by atoms with Gasteiger partial charge in [-0.25, -0.2) is 9.59 Å². The molecule has 1 aliphatic carbocycles. The topological polar surface area (TPSA) is 67.9 Å². The Hall–Kier alpha value is -2.34. The van der Waals surface area contributed by atoms with Crippen LogP contribution in [-0.4, -0.2) is 43.3 Å². The lowest BCUT2D eigenvalue weighted by atomic mass is 9.92. The standard InChI is InChI=1S/C21H28N2O4/c1-13(2)15-5-7-16(8-6-15)19-18(20(24)27-12-11-26-4)14(3)23(17-9-10-17)21(25)22-19/h5-8,13,17,19H,9-12H2,1-4H3,(H,22,25). The maximum Gasteiger partial charge on any atom is 0.338 e. The number of amides is 2. The zero-order valence-electron chi connectivity index (χ0n) is 16.5. The fourth-order valence-corrected chi connectivity index (χ4v) is 3.41. The largest absolute Gasteiger partial charge is 0.460 e. The van der Waals surface area contributed by atoms with Gasteiger partial charge in [-0.3, -0.25) is 4.90 Å². The lowest BCUT2D eigenvalue weighted by molar-refractivity contribution is -0.140. The van der Waals surface area contributed by atoms with Gasteiger partial charge in [0.05, 0.1) is 18.2 Å². The van der Waals surface area contributed by atoms with Gasteiger partial charge in [0.2, 0.25) is 0 Å². The van der Waals surface area contributed by atoms with Crippen LogP contribution in [0.3, 0.4) is 0 Å². The second-order valence-electron chi connectivity index (χ2n) is 7.43. The van der Waals surface area contributed by atoms with E-state index in [0.29, 0.717) is 23.8 Å². The van der Waals surface area contributed by atoms with Gasteiger partial charge < -0.3 is 14.8 Å². The van der Waals surface area contributed by atoms with Crippen LogP contribution in [0.2, 0.25) is 0 Å². The van der Waals surface area contributed by atoms with E-state index in [-0.39, 0.29) is 18.7 Å². The summed E-state index contributed by atoms with van der Waals surface area (Å²) in [7, 11) is 1.56. The van der Waals surface area contributed by atoms with E-state index in [9.17, 15) is 9.59 Å². The first-order valence-corrected chi connectivity index (χ1v) is 9.50. The minimum atomic E-state index is -0.510. The molecule has 2 aliphatic rings. The highest BCUT2D eigenvalue weighted by Crippen LogP contribution is 2.38. The quantitative estimate of drug-likeness (QED) is 0.588. The van der Waals surface area contributed by atoms with Crippen molar-refractivity contribution in [3.8, 4) is 0 Å². The molecule has 3 rings (SSSR count). The molecule has 0 spiro atoms. The number of nitrogens with zero attached hydrogens (tertiary/aromatic N) is 1. The van der Waals surface area contributed by atoms with Crippen molar-refractivity contribution in [3.05, 3.63) is 46.7 Å². The molecule has 0 radical (unpaired) electrons. The number of urea groups is 1. The molecule has 0 aromatic heterocycles. The Kier molecular flexibility index (Phi) is 5.85. The zero-order valence-corrected chi connectivity index (χ0v) is 16.5. The molecule has 146 valence electrons. The summed E-state index contributed by atoms with van der Waals surface area (Å²) in [6, 6.07) is 7.55. The number of benzene rings is 1. The number of esters is 1. The van der Waals surface area contributed by atoms with Gasteiger partial charge in [0, 0.05) is 18.8 Å². The molecule has 0 bridgehead atoms. The molecule has 1 unspecified atom stereocenters. The molecular weight excluding hydrogens is 344 g/mol. The first kappa shape index (κ1) is 19.4. The minimum absolute atomic E-state index is 0.152. The molecule has 6 heteroatoms.